The van der Waals surface area contributed by atoms with Crippen molar-refractivity contribution in [2.24, 2.45) is 0 Å². The Morgan fingerprint density at radius 3 is 2.76 bits per heavy atom. The number of hydrogen-bond acceptors (Lipinski definition) is 4. The molecule has 0 saturated heterocycles. The molecule has 0 amide bonds. The molecule has 3 aromatic rings. The van der Waals surface area contributed by atoms with Gasteiger partial charge in [-0.2, -0.15) is 5.10 Å². The van der Waals surface area contributed by atoms with Crippen LogP contribution >= 0.6 is 11.3 Å². The Kier molecular flexibility index (Phi) is 3.78. The molecule has 1 aromatic carbocycles. The van der Waals surface area contributed by atoms with E-state index in [0.717, 1.165) is 39.8 Å². The van der Waals surface area contributed by atoms with Gasteiger partial charge in [0.25, 0.3) is 0 Å². The Hall–Kier alpha value is -1.72. The van der Waals surface area contributed by atoms with Crippen molar-refractivity contribution in [1.29, 1.82) is 0 Å². The van der Waals surface area contributed by atoms with E-state index in [-0.39, 0.29) is 6.61 Å². The van der Waals surface area contributed by atoms with E-state index in [1.54, 1.807) is 15.9 Å². The molecule has 0 aliphatic carbocycles. The summed E-state index contributed by atoms with van der Waals surface area (Å²) in [5.74, 6) is 0. The molecule has 3 rings (SSSR count). The summed E-state index contributed by atoms with van der Waals surface area (Å²) in [4.78, 5) is 5.56. The number of benzene rings is 1. The van der Waals surface area contributed by atoms with Gasteiger partial charge in [-0.15, -0.1) is 0 Å². The lowest BCUT2D eigenvalue weighted by Crippen LogP contribution is -1.97. The molecule has 0 spiro atoms. The highest BCUT2D eigenvalue weighted by Crippen LogP contribution is 2.30. The van der Waals surface area contributed by atoms with Crippen molar-refractivity contribution in [3.63, 3.8) is 0 Å². The monoisotopic (exact) mass is 301 g/mol. The molecular weight excluding hydrogens is 282 g/mol. The van der Waals surface area contributed by atoms with Crippen LogP contribution in [-0.4, -0.2) is 19.7 Å². The highest BCUT2D eigenvalue weighted by molar-refractivity contribution is 7.16. The Morgan fingerprint density at radius 2 is 2.10 bits per heavy atom. The average molecular weight is 301 g/mol. The van der Waals surface area contributed by atoms with Crippen molar-refractivity contribution in [3.8, 4) is 11.3 Å². The van der Waals surface area contributed by atoms with E-state index in [1.807, 2.05) is 0 Å². The third kappa shape index (κ3) is 2.47. The predicted molar refractivity (Wildman–Crippen MR) is 85.7 cm³/mol. The third-order valence-corrected chi connectivity index (χ3v) is 4.56. The summed E-state index contributed by atoms with van der Waals surface area (Å²) in [6.45, 7) is 6.23. The Labute approximate surface area is 128 Å². The Bertz CT molecular complexity index is 788. The van der Waals surface area contributed by atoms with E-state index in [9.17, 15) is 5.11 Å². The van der Waals surface area contributed by atoms with Crippen LogP contribution in [0.4, 0.5) is 0 Å². The summed E-state index contributed by atoms with van der Waals surface area (Å²) >= 11 is 1.61. The number of aliphatic hydroxyl groups excluding tert-OH is 1. The Morgan fingerprint density at radius 1 is 1.29 bits per heavy atom. The van der Waals surface area contributed by atoms with Crippen molar-refractivity contribution in [1.82, 2.24) is 14.6 Å². The Balaban J connectivity index is 2.16. The van der Waals surface area contributed by atoms with Gasteiger partial charge in [0.2, 0.25) is 4.96 Å². The van der Waals surface area contributed by atoms with Crippen LogP contribution in [0.15, 0.2) is 18.2 Å². The first-order valence-electron chi connectivity index (χ1n) is 7.19. The molecule has 2 aromatic heterocycles. The normalized spacial score (nSPS) is 11.4. The zero-order valence-corrected chi connectivity index (χ0v) is 13.4. The zero-order valence-electron chi connectivity index (χ0n) is 12.6. The molecule has 110 valence electrons. The molecule has 4 nitrogen and oxygen atoms in total. The van der Waals surface area contributed by atoms with E-state index >= 15 is 0 Å². The average Bonchev–Trinajstić information content (AvgIpc) is 2.95. The molecular formula is C16H19N3OS. The minimum atomic E-state index is -0.0564. The van der Waals surface area contributed by atoms with E-state index < -0.39 is 0 Å². The van der Waals surface area contributed by atoms with E-state index in [0.29, 0.717) is 0 Å². The second-order valence-corrected chi connectivity index (χ2v) is 6.36. The number of hydrogen-bond donors (Lipinski definition) is 1. The molecule has 0 aliphatic rings. The fraction of sp³-hybridized carbons (Fsp3) is 0.375. The molecule has 0 fully saturated rings. The molecule has 0 unspecified atom stereocenters. The zero-order chi connectivity index (χ0) is 15.0. The van der Waals surface area contributed by atoms with Gasteiger partial charge < -0.3 is 5.11 Å². The lowest BCUT2D eigenvalue weighted by Gasteiger charge is -2.06. The molecule has 21 heavy (non-hydrogen) atoms. The first kappa shape index (κ1) is 14.2. The number of aliphatic hydroxyl groups is 1. The first-order chi connectivity index (χ1) is 10.1. The molecule has 0 bridgehead atoms. The second-order valence-electron chi connectivity index (χ2n) is 5.32. The SMILES string of the molecule is CCCc1nn2c(CO)c(-c3ccc(C)cc3C)nc2s1. The molecule has 0 aliphatic heterocycles. The van der Waals surface area contributed by atoms with Crippen LogP contribution in [0, 0.1) is 13.8 Å². The summed E-state index contributed by atoms with van der Waals surface area (Å²) < 4.78 is 1.80. The number of imidazole rings is 1. The van der Waals surface area contributed by atoms with Crippen molar-refractivity contribution < 1.29 is 5.11 Å². The van der Waals surface area contributed by atoms with Gasteiger partial charge in [-0.05, 0) is 25.8 Å². The van der Waals surface area contributed by atoms with Crippen LogP contribution in [-0.2, 0) is 13.0 Å². The van der Waals surface area contributed by atoms with Crippen molar-refractivity contribution >= 4 is 16.3 Å². The molecule has 0 atom stereocenters. The maximum Gasteiger partial charge on any atom is 0.213 e. The summed E-state index contributed by atoms with van der Waals surface area (Å²) in [5, 5.41) is 15.4. The topological polar surface area (TPSA) is 50.4 Å². The van der Waals surface area contributed by atoms with Gasteiger partial charge in [0, 0.05) is 12.0 Å². The van der Waals surface area contributed by atoms with E-state index in [1.165, 1.54) is 11.1 Å². The third-order valence-electron chi connectivity index (χ3n) is 3.59. The molecule has 1 N–H and O–H groups in total. The van der Waals surface area contributed by atoms with Gasteiger partial charge in [0.1, 0.15) is 5.01 Å². The summed E-state index contributed by atoms with van der Waals surface area (Å²) in [7, 11) is 0. The fourth-order valence-corrected chi connectivity index (χ4v) is 3.60. The lowest BCUT2D eigenvalue weighted by molar-refractivity contribution is 0.275. The summed E-state index contributed by atoms with van der Waals surface area (Å²) in [5.41, 5.74) is 5.09. The maximum absolute atomic E-state index is 9.76. The van der Waals surface area contributed by atoms with Gasteiger partial charge in [-0.25, -0.2) is 9.50 Å². The number of fused-ring (bicyclic) bond motifs is 1. The molecule has 2 heterocycles. The standard InChI is InChI=1S/C16H19N3OS/c1-4-5-14-18-19-13(9-20)15(17-16(19)21-14)12-7-6-10(2)8-11(12)3/h6-8,20H,4-5,9H2,1-3H3. The van der Waals surface area contributed by atoms with Crippen molar-refractivity contribution in [2.45, 2.75) is 40.2 Å². The van der Waals surface area contributed by atoms with Crippen LogP contribution < -0.4 is 0 Å². The van der Waals surface area contributed by atoms with E-state index in [4.69, 9.17) is 4.98 Å². The molecule has 0 radical (unpaired) electrons. The quantitative estimate of drug-likeness (QED) is 0.802. The number of aromatic nitrogens is 3. The first-order valence-corrected chi connectivity index (χ1v) is 8.01. The van der Waals surface area contributed by atoms with Gasteiger partial charge >= 0.3 is 0 Å². The molecule has 0 saturated carbocycles. The molecule has 5 heteroatoms. The van der Waals surface area contributed by atoms with Crippen LogP contribution in [0.25, 0.3) is 16.2 Å². The van der Waals surface area contributed by atoms with Crippen LogP contribution in [0.3, 0.4) is 0 Å². The van der Waals surface area contributed by atoms with Gasteiger partial charge in [0.15, 0.2) is 0 Å². The van der Waals surface area contributed by atoms with Crippen LogP contribution in [0.2, 0.25) is 0 Å². The fourth-order valence-electron chi connectivity index (χ4n) is 2.58. The highest BCUT2D eigenvalue weighted by Gasteiger charge is 2.18. The number of rotatable bonds is 4. The van der Waals surface area contributed by atoms with Gasteiger partial charge in [0.05, 0.1) is 18.0 Å². The van der Waals surface area contributed by atoms with E-state index in [2.05, 4.69) is 44.1 Å². The summed E-state index contributed by atoms with van der Waals surface area (Å²) in [6, 6.07) is 6.29. The lowest BCUT2D eigenvalue weighted by atomic mass is 10.0. The van der Waals surface area contributed by atoms with Gasteiger partial charge in [-0.3, -0.25) is 0 Å². The minimum Gasteiger partial charge on any atom is -0.390 e. The predicted octanol–water partition coefficient (Wildman–Crippen LogP) is 3.52. The van der Waals surface area contributed by atoms with Crippen molar-refractivity contribution in [2.75, 3.05) is 0 Å². The minimum absolute atomic E-state index is 0.0564. The van der Waals surface area contributed by atoms with Crippen LogP contribution in [0.1, 0.15) is 35.2 Å². The number of aryl methyl sites for hydroxylation is 3. The maximum atomic E-state index is 9.76. The van der Waals surface area contributed by atoms with Crippen LogP contribution in [0.5, 0.6) is 0 Å². The van der Waals surface area contributed by atoms with Crippen molar-refractivity contribution in [3.05, 3.63) is 40.0 Å². The van der Waals surface area contributed by atoms with Gasteiger partial charge in [-0.1, -0.05) is 42.0 Å². The smallest absolute Gasteiger partial charge is 0.213 e. The summed E-state index contributed by atoms with van der Waals surface area (Å²) in [6.07, 6.45) is 2.02. The second kappa shape index (κ2) is 5.58. The highest BCUT2D eigenvalue weighted by atomic mass is 32.1. The number of nitrogens with zero attached hydrogens (tertiary/aromatic N) is 3. The largest absolute Gasteiger partial charge is 0.390 e.